The van der Waals surface area contributed by atoms with Gasteiger partial charge >= 0.3 is 0 Å². The Bertz CT molecular complexity index is 709. The van der Waals surface area contributed by atoms with E-state index in [4.69, 9.17) is 32.7 Å². The van der Waals surface area contributed by atoms with E-state index in [2.05, 4.69) is 4.98 Å². The van der Waals surface area contributed by atoms with E-state index >= 15 is 0 Å². The molecule has 0 radical (unpaired) electrons. The molecule has 2 aromatic rings. The number of carbonyl (C=O) groups is 1. The predicted molar refractivity (Wildman–Crippen MR) is 100 cm³/mol. The van der Waals surface area contributed by atoms with Crippen molar-refractivity contribution in [2.75, 3.05) is 20.3 Å². The second kappa shape index (κ2) is 9.97. The van der Waals surface area contributed by atoms with E-state index in [0.717, 1.165) is 10.7 Å². The minimum Gasteiger partial charge on any atom is -0.485 e. The van der Waals surface area contributed by atoms with Crippen LogP contribution in [0.1, 0.15) is 24.0 Å². The largest absolute Gasteiger partial charge is 0.485 e. The molecule has 0 spiro atoms. The van der Waals surface area contributed by atoms with Gasteiger partial charge in [-0.05, 0) is 12.1 Å². The Morgan fingerprint density at radius 1 is 1.36 bits per heavy atom. The van der Waals surface area contributed by atoms with E-state index in [-0.39, 0.29) is 5.91 Å². The van der Waals surface area contributed by atoms with Gasteiger partial charge < -0.3 is 14.4 Å². The number of hydrogen-bond acceptors (Lipinski definition) is 5. The first-order valence-electron chi connectivity index (χ1n) is 7.81. The number of hydrogen-bond donors (Lipinski definition) is 0. The van der Waals surface area contributed by atoms with Crippen LogP contribution in [0.5, 0.6) is 5.75 Å². The summed E-state index contributed by atoms with van der Waals surface area (Å²) in [6, 6.07) is 5.07. The molecule has 0 bridgehead atoms. The molecule has 0 atom stereocenters. The summed E-state index contributed by atoms with van der Waals surface area (Å²) in [5, 5.41) is 3.80. The van der Waals surface area contributed by atoms with Crippen LogP contribution in [0.15, 0.2) is 23.6 Å². The van der Waals surface area contributed by atoms with Crippen molar-refractivity contribution in [1.82, 2.24) is 9.88 Å². The highest BCUT2D eigenvalue weighted by Gasteiger charge is 2.14. The maximum atomic E-state index is 12.0. The van der Waals surface area contributed by atoms with Gasteiger partial charge in [0.2, 0.25) is 5.91 Å². The van der Waals surface area contributed by atoms with Gasteiger partial charge in [0.15, 0.2) is 0 Å². The van der Waals surface area contributed by atoms with Crippen LogP contribution in [0.3, 0.4) is 0 Å². The van der Waals surface area contributed by atoms with Crippen molar-refractivity contribution in [3.8, 4) is 5.75 Å². The van der Waals surface area contributed by atoms with Crippen molar-refractivity contribution in [2.24, 2.45) is 0 Å². The van der Waals surface area contributed by atoms with E-state index in [1.807, 2.05) is 12.3 Å². The molecule has 0 N–H and O–H groups in total. The predicted octanol–water partition coefficient (Wildman–Crippen LogP) is 4.41. The van der Waals surface area contributed by atoms with Gasteiger partial charge in [-0.1, -0.05) is 30.1 Å². The van der Waals surface area contributed by atoms with Crippen LogP contribution in [0, 0.1) is 0 Å². The van der Waals surface area contributed by atoms with Crippen molar-refractivity contribution in [3.05, 3.63) is 44.3 Å². The minimum atomic E-state index is 0.0774. The van der Waals surface area contributed by atoms with Gasteiger partial charge in [0.05, 0.1) is 23.9 Å². The Labute approximate surface area is 161 Å². The number of ether oxygens (including phenoxy) is 2. The lowest BCUT2D eigenvalue weighted by molar-refractivity contribution is -0.132. The van der Waals surface area contributed by atoms with Crippen molar-refractivity contribution in [2.45, 2.75) is 26.5 Å². The topological polar surface area (TPSA) is 51.7 Å². The Balaban J connectivity index is 1.96. The van der Waals surface area contributed by atoms with Crippen molar-refractivity contribution in [3.63, 3.8) is 0 Å². The molecule has 1 amide bonds. The molecule has 0 saturated carbocycles. The van der Waals surface area contributed by atoms with Crippen LogP contribution in [0.25, 0.3) is 0 Å². The van der Waals surface area contributed by atoms with Crippen LogP contribution < -0.4 is 4.74 Å². The first-order chi connectivity index (χ1) is 12.0. The number of halogens is 2. The average molecular weight is 403 g/mol. The standard InChI is InChI=1S/C17H20Cl2N2O3S/c1-3-17(22)21(6-7-23-2)9-13-11-25-16(20-13)10-24-15-8-12(18)4-5-14(15)19/h4-5,8,11H,3,6-7,9-10H2,1-2H3. The second-order valence-electron chi connectivity index (χ2n) is 5.26. The summed E-state index contributed by atoms with van der Waals surface area (Å²) in [5.74, 6) is 0.599. The third-order valence-electron chi connectivity index (χ3n) is 3.42. The smallest absolute Gasteiger partial charge is 0.222 e. The number of carbonyl (C=O) groups excluding carboxylic acids is 1. The van der Waals surface area contributed by atoms with E-state index in [9.17, 15) is 4.79 Å². The lowest BCUT2D eigenvalue weighted by atomic mass is 10.3. The first-order valence-corrected chi connectivity index (χ1v) is 9.44. The first kappa shape index (κ1) is 20.0. The lowest BCUT2D eigenvalue weighted by Crippen LogP contribution is -2.33. The van der Waals surface area contributed by atoms with E-state index < -0.39 is 0 Å². The Kier molecular flexibility index (Phi) is 7.96. The molecule has 5 nitrogen and oxygen atoms in total. The fraction of sp³-hybridized carbons (Fsp3) is 0.412. The molecular formula is C17H20Cl2N2O3S. The highest BCUT2D eigenvalue weighted by Crippen LogP contribution is 2.28. The molecule has 1 aromatic carbocycles. The zero-order valence-electron chi connectivity index (χ0n) is 14.1. The molecule has 1 heterocycles. The second-order valence-corrected chi connectivity index (χ2v) is 7.04. The normalized spacial score (nSPS) is 10.7. The number of thiazole rings is 1. The van der Waals surface area contributed by atoms with Gasteiger partial charge in [-0.3, -0.25) is 4.79 Å². The molecule has 1 aromatic heterocycles. The summed E-state index contributed by atoms with van der Waals surface area (Å²) < 4.78 is 10.7. The van der Waals surface area contributed by atoms with Gasteiger partial charge in [-0.25, -0.2) is 4.98 Å². The van der Waals surface area contributed by atoms with Gasteiger partial charge in [0.25, 0.3) is 0 Å². The monoisotopic (exact) mass is 402 g/mol. The molecule has 0 aliphatic heterocycles. The third kappa shape index (κ3) is 6.15. The molecular weight excluding hydrogens is 383 g/mol. The summed E-state index contributed by atoms with van der Waals surface area (Å²) in [7, 11) is 1.62. The molecule has 0 saturated heterocycles. The molecule has 0 aliphatic rings. The molecule has 0 unspecified atom stereocenters. The Hall–Kier alpha value is -1.34. The number of amides is 1. The molecule has 0 aliphatic carbocycles. The summed E-state index contributed by atoms with van der Waals surface area (Å²) in [6.07, 6.45) is 0.455. The Morgan fingerprint density at radius 3 is 2.88 bits per heavy atom. The number of aromatic nitrogens is 1. The zero-order chi connectivity index (χ0) is 18.2. The maximum absolute atomic E-state index is 12.0. The van der Waals surface area contributed by atoms with Gasteiger partial charge in [-0.15, -0.1) is 11.3 Å². The number of methoxy groups -OCH3 is 1. The van der Waals surface area contributed by atoms with Crippen LogP contribution in [0.2, 0.25) is 10.0 Å². The fourth-order valence-electron chi connectivity index (χ4n) is 2.13. The average Bonchev–Trinajstić information content (AvgIpc) is 3.06. The Morgan fingerprint density at radius 2 is 2.16 bits per heavy atom. The summed E-state index contributed by atoms with van der Waals surface area (Å²) in [4.78, 5) is 18.3. The van der Waals surface area contributed by atoms with Crippen molar-refractivity contribution in [1.29, 1.82) is 0 Å². The zero-order valence-corrected chi connectivity index (χ0v) is 16.5. The third-order valence-corrected chi connectivity index (χ3v) is 4.84. The van der Waals surface area contributed by atoms with Gasteiger partial charge in [0.1, 0.15) is 17.4 Å². The highest BCUT2D eigenvalue weighted by molar-refractivity contribution is 7.09. The van der Waals surface area contributed by atoms with Crippen molar-refractivity contribution < 1.29 is 14.3 Å². The molecule has 0 fully saturated rings. The number of benzene rings is 1. The number of rotatable bonds is 9. The van der Waals surface area contributed by atoms with E-state index in [1.54, 1.807) is 30.2 Å². The molecule has 2 rings (SSSR count). The van der Waals surface area contributed by atoms with Crippen LogP contribution in [-0.2, 0) is 22.7 Å². The van der Waals surface area contributed by atoms with Crippen molar-refractivity contribution >= 4 is 40.4 Å². The quantitative estimate of drug-likeness (QED) is 0.622. The highest BCUT2D eigenvalue weighted by atomic mass is 35.5. The van der Waals surface area contributed by atoms with Gasteiger partial charge in [-0.2, -0.15) is 0 Å². The molecule has 25 heavy (non-hydrogen) atoms. The minimum absolute atomic E-state index is 0.0774. The van der Waals surface area contributed by atoms with Crippen LogP contribution in [0.4, 0.5) is 0 Å². The number of nitrogens with zero attached hydrogens (tertiary/aromatic N) is 2. The summed E-state index contributed by atoms with van der Waals surface area (Å²) in [6.45, 7) is 3.65. The molecule has 8 heteroatoms. The summed E-state index contributed by atoms with van der Waals surface area (Å²) >= 11 is 13.5. The van der Waals surface area contributed by atoms with E-state index in [0.29, 0.717) is 48.5 Å². The van der Waals surface area contributed by atoms with Crippen LogP contribution in [-0.4, -0.2) is 36.1 Å². The fourth-order valence-corrected chi connectivity index (χ4v) is 3.16. The van der Waals surface area contributed by atoms with E-state index in [1.165, 1.54) is 11.3 Å². The summed E-state index contributed by atoms with van der Waals surface area (Å²) in [5.41, 5.74) is 0.832. The van der Waals surface area contributed by atoms with Crippen LogP contribution >= 0.6 is 34.5 Å². The SMILES string of the molecule is CCC(=O)N(CCOC)Cc1csc(COc2cc(Cl)ccc2Cl)n1. The van der Waals surface area contributed by atoms with Gasteiger partial charge in [0, 0.05) is 36.5 Å². The molecule has 136 valence electrons. The lowest BCUT2D eigenvalue weighted by Gasteiger charge is -2.20. The maximum Gasteiger partial charge on any atom is 0.222 e.